The van der Waals surface area contributed by atoms with Gasteiger partial charge >= 0.3 is 0 Å². The van der Waals surface area contributed by atoms with Gasteiger partial charge in [0.25, 0.3) is 0 Å². The second-order valence-corrected chi connectivity index (χ2v) is 3.52. The molecule has 0 aliphatic heterocycles. The van der Waals surface area contributed by atoms with Crippen molar-refractivity contribution in [2.24, 2.45) is 0 Å². The highest BCUT2D eigenvalue weighted by Crippen LogP contribution is 2.03. The molecule has 6 heteroatoms. The normalized spacial score (nSPS) is 9.60. The third-order valence-corrected chi connectivity index (χ3v) is 1.60. The van der Waals surface area contributed by atoms with Crippen molar-refractivity contribution in [3.8, 4) is 0 Å². The number of anilines is 2. The van der Waals surface area contributed by atoms with Crippen LogP contribution in [0.2, 0.25) is 0 Å². The van der Waals surface area contributed by atoms with Gasteiger partial charge in [-0.05, 0) is 33.0 Å². The summed E-state index contributed by atoms with van der Waals surface area (Å²) in [6, 6.07) is 0.310. The topological polar surface area (TPSA) is 65.6 Å². The summed E-state index contributed by atoms with van der Waals surface area (Å²) in [5.41, 5.74) is 0. The van der Waals surface area contributed by atoms with Crippen LogP contribution in [0.25, 0.3) is 0 Å². The van der Waals surface area contributed by atoms with Gasteiger partial charge in [0.05, 0.1) is 0 Å². The Bertz CT molecular complexity index is 347. The van der Waals surface area contributed by atoms with E-state index in [1.165, 1.54) is 0 Å². The van der Waals surface area contributed by atoms with E-state index < -0.39 is 0 Å². The Labute approximate surface area is 95.7 Å². The maximum atomic E-state index is 4.93. The van der Waals surface area contributed by atoms with Crippen LogP contribution in [-0.2, 0) is 0 Å². The molecule has 0 spiro atoms. The highest BCUT2D eigenvalue weighted by Gasteiger charge is 2.00. The van der Waals surface area contributed by atoms with Gasteiger partial charge < -0.3 is 10.6 Å². The molecular weight excluding hydrogens is 210 g/mol. The molecule has 1 aromatic rings. The molecular formula is C9H19N5S. The van der Waals surface area contributed by atoms with Crippen molar-refractivity contribution in [1.29, 1.82) is 0 Å². The molecule has 15 heavy (non-hydrogen) atoms. The molecule has 0 amide bonds. The predicted octanol–water partition coefficient (Wildman–Crippen LogP) is 2.42. The summed E-state index contributed by atoms with van der Waals surface area (Å²) in [6.45, 7) is 6.86. The predicted molar refractivity (Wildman–Crippen MR) is 66.9 cm³/mol. The maximum absolute atomic E-state index is 4.93. The molecule has 1 aromatic heterocycles. The number of hydrogen-bond acceptors (Lipinski definition) is 5. The van der Waals surface area contributed by atoms with Gasteiger partial charge in [-0.15, -0.1) is 0 Å². The molecule has 1 heterocycles. The first-order chi connectivity index (χ1) is 6.61. The van der Waals surface area contributed by atoms with E-state index in [0.29, 0.717) is 22.7 Å². The Kier molecular flexibility index (Phi) is 5.84. The second-order valence-electron chi connectivity index (χ2n) is 3.16. The van der Waals surface area contributed by atoms with Crippen molar-refractivity contribution in [3.05, 3.63) is 4.77 Å². The van der Waals surface area contributed by atoms with Crippen LogP contribution in [-0.4, -0.2) is 27.5 Å². The lowest BCUT2D eigenvalue weighted by Crippen LogP contribution is -2.14. The van der Waals surface area contributed by atoms with Crippen LogP contribution in [0.15, 0.2) is 0 Å². The third-order valence-electron chi connectivity index (χ3n) is 1.42. The third kappa shape index (κ3) is 4.73. The smallest absolute Gasteiger partial charge is 0.225 e. The van der Waals surface area contributed by atoms with Gasteiger partial charge in [-0.2, -0.15) is 9.97 Å². The first kappa shape index (κ1) is 13.8. The Hall–Kier alpha value is -1.17. The minimum atomic E-state index is 0. The van der Waals surface area contributed by atoms with Crippen LogP contribution >= 0.6 is 12.2 Å². The molecule has 0 saturated carbocycles. The first-order valence-corrected chi connectivity index (χ1v) is 5.01. The van der Waals surface area contributed by atoms with E-state index in [0.717, 1.165) is 6.54 Å². The van der Waals surface area contributed by atoms with Crippen molar-refractivity contribution >= 4 is 24.1 Å². The zero-order chi connectivity index (χ0) is 10.6. The highest BCUT2D eigenvalue weighted by molar-refractivity contribution is 7.71. The van der Waals surface area contributed by atoms with E-state index in [9.17, 15) is 0 Å². The number of H-pyrrole nitrogens is 1. The number of aromatic nitrogens is 3. The van der Waals surface area contributed by atoms with E-state index in [1.807, 2.05) is 20.8 Å². The fraction of sp³-hybridized carbons (Fsp3) is 0.667. The lowest BCUT2D eigenvalue weighted by Gasteiger charge is -2.10. The van der Waals surface area contributed by atoms with E-state index in [4.69, 9.17) is 12.2 Å². The van der Waals surface area contributed by atoms with Gasteiger partial charge in [-0.25, -0.2) is 0 Å². The molecule has 1 rings (SSSR count). The van der Waals surface area contributed by atoms with Crippen molar-refractivity contribution in [1.82, 2.24) is 15.0 Å². The van der Waals surface area contributed by atoms with Crippen LogP contribution in [0.5, 0.6) is 0 Å². The minimum absolute atomic E-state index is 0. The van der Waals surface area contributed by atoms with E-state index in [2.05, 4.69) is 25.6 Å². The summed E-state index contributed by atoms with van der Waals surface area (Å²) in [5.74, 6) is 1.30. The van der Waals surface area contributed by atoms with Gasteiger partial charge in [-0.1, -0.05) is 7.43 Å². The molecule has 0 aromatic carbocycles. The minimum Gasteiger partial charge on any atom is -0.356 e. The monoisotopic (exact) mass is 229 g/mol. The van der Waals surface area contributed by atoms with Gasteiger partial charge in [0.1, 0.15) is 0 Å². The van der Waals surface area contributed by atoms with Gasteiger partial charge in [-0.3, -0.25) is 4.98 Å². The summed E-state index contributed by atoms with van der Waals surface area (Å²) < 4.78 is 0.336. The Morgan fingerprint density at radius 2 is 1.93 bits per heavy atom. The zero-order valence-electron chi connectivity index (χ0n) is 8.59. The van der Waals surface area contributed by atoms with Crippen molar-refractivity contribution in [2.75, 3.05) is 17.2 Å². The van der Waals surface area contributed by atoms with E-state index >= 15 is 0 Å². The number of rotatable bonds is 4. The van der Waals surface area contributed by atoms with Crippen LogP contribution < -0.4 is 10.6 Å². The Balaban J connectivity index is 0.00000196. The fourth-order valence-corrected chi connectivity index (χ4v) is 1.16. The van der Waals surface area contributed by atoms with Gasteiger partial charge in [0, 0.05) is 12.6 Å². The summed E-state index contributed by atoms with van der Waals surface area (Å²) in [7, 11) is 0. The Morgan fingerprint density at radius 1 is 1.33 bits per heavy atom. The van der Waals surface area contributed by atoms with Crippen molar-refractivity contribution in [3.63, 3.8) is 0 Å². The number of hydrogen-bond donors (Lipinski definition) is 3. The van der Waals surface area contributed by atoms with Crippen LogP contribution in [0.1, 0.15) is 28.2 Å². The molecule has 0 saturated heterocycles. The van der Waals surface area contributed by atoms with Crippen LogP contribution in [0, 0.1) is 4.77 Å². The average Bonchev–Trinajstić information content (AvgIpc) is 2.01. The number of nitrogens with zero attached hydrogens (tertiary/aromatic N) is 2. The lowest BCUT2D eigenvalue weighted by molar-refractivity contribution is 0.863. The molecule has 5 nitrogen and oxygen atoms in total. The molecule has 0 atom stereocenters. The molecule has 0 radical (unpaired) electrons. The molecule has 0 unspecified atom stereocenters. The van der Waals surface area contributed by atoms with Crippen LogP contribution in [0.3, 0.4) is 0 Å². The Morgan fingerprint density at radius 3 is 2.47 bits per heavy atom. The van der Waals surface area contributed by atoms with Gasteiger partial charge in [0.2, 0.25) is 16.7 Å². The zero-order valence-corrected chi connectivity index (χ0v) is 9.40. The van der Waals surface area contributed by atoms with Crippen molar-refractivity contribution < 1.29 is 0 Å². The molecule has 0 aliphatic rings. The van der Waals surface area contributed by atoms with E-state index in [1.54, 1.807) is 0 Å². The second kappa shape index (κ2) is 6.34. The van der Waals surface area contributed by atoms with Crippen molar-refractivity contribution in [2.45, 2.75) is 34.2 Å². The van der Waals surface area contributed by atoms with Crippen LogP contribution in [0.4, 0.5) is 11.9 Å². The standard InChI is InChI=1S/C8H15N5S.CH4/c1-4-9-6-11-7(10-5(2)3)13-8(14)12-6;/h5H,4H2,1-3H3,(H3,9,10,11,12,13,14);1H4. The SMILES string of the molecule is C.CCNc1nc(=S)nc(NC(C)C)[nH]1. The summed E-state index contributed by atoms with van der Waals surface area (Å²) in [6.07, 6.45) is 0. The molecule has 0 aliphatic carbocycles. The molecule has 86 valence electrons. The summed E-state index contributed by atoms with van der Waals surface area (Å²) in [5, 5.41) is 6.18. The largest absolute Gasteiger partial charge is 0.356 e. The number of nitrogens with one attached hydrogen (secondary N) is 3. The first-order valence-electron chi connectivity index (χ1n) is 4.60. The van der Waals surface area contributed by atoms with E-state index in [-0.39, 0.29) is 7.43 Å². The quantitative estimate of drug-likeness (QED) is 0.692. The maximum Gasteiger partial charge on any atom is 0.225 e. The summed E-state index contributed by atoms with van der Waals surface area (Å²) >= 11 is 4.93. The molecule has 0 fully saturated rings. The lowest BCUT2D eigenvalue weighted by atomic mass is 10.4. The fourth-order valence-electron chi connectivity index (χ4n) is 0.977. The van der Waals surface area contributed by atoms with Gasteiger partial charge in [0.15, 0.2) is 0 Å². The molecule has 3 N–H and O–H groups in total. The molecule has 0 bridgehead atoms. The summed E-state index contributed by atoms with van der Waals surface area (Å²) in [4.78, 5) is 11.1. The average molecular weight is 229 g/mol. The highest BCUT2D eigenvalue weighted by atomic mass is 32.1. The number of aromatic amines is 1.